The van der Waals surface area contributed by atoms with Crippen LogP contribution in [-0.2, 0) is 0 Å². The zero-order chi connectivity index (χ0) is 18.8. The molecule has 4 rings (SSSR count). The van der Waals surface area contributed by atoms with E-state index >= 15 is 0 Å². The SMILES string of the molecule is Br.CP(c1ccccc1)(c1ccccc1)(c1ccccc1)c1cccc(Cl)c1. The zero-order valence-electron chi connectivity index (χ0n) is 15.7. The van der Waals surface area contributed by atoms with Gasteiger partial charge >= 0.3 is 166 Å². The quantitative estimate of drug-likeness (QED) is 0.336. The molecule has 0 amide bonds. The maximum absolute atomic E-state index is 6.50. The summed E-state index contributed by atoms with van der Waals surface area (Å²) >= 11 is 6.50. The molecule has 0 spiro atoms. The van der Waals surface area contributed by atoms with Crippen LogP contribution in [0.15, 0.2) is 115 Å². The summed E-state index contributed by atoms with van der Waals surface area (Å²) in [6, 6.07) is 41.0. The van der Waals surface area contributed by atoms with Crippen LogP contribution in [0.3, 0.4) is 0 Å². The Labute approximate surface area is 182 Å². The first kappa shape index (κ1) is 20.8. The van der Waals surface area contributed by atoms with E-state index in [1.165, 1.54) is 21.2 Å². The summed E-state index contributed by atoms with van der Waals surface area (Å²) in [6.07, 6.45) is 0. The van der Waals surface area contributed by atoms with Gasteiger partial charge in [-0.05, 0) is 0 Å². The number of hydrogen-bond acceptors (Lipinski definition) is 0. The second-order valence-corrected chi connectivity index (χ2v) is 12.7. The van der Waals surface area contributed by atoms with Gasteiger partial charge in [0.1, 0.15) is 0 Å². The average molecular weight is 470 g/mol. The van der Waals surface area contributed by atoms with E-state index in [0.29, 0.717) is 0 Å². The first-order chi connectivity index (χ1) is 13.1. The van der Waals surface area contributed by atoms with Gasteiger partial charge in [-0.3, -0.25) is 0 Å². The molecule has 28 heavy (non-hydrogen) atoms. The molecule has 0 radical (unpaired) electrons. The van der Waals surface area contributed by atoms with E-state index in [1.54, 1.807) is 0 Å². The van der Waals surface area contributed by atoms with E-state index in [2.05, 4.69) is 116 Å². The second kappa shape index (κ2) is 8.21. The Bertz CT molecular complexity index is 950. The van der Waals surface area contributed by atoms with Gasteiger partial charge in [0.25, 0.3) is 0 Å². The van der Waals surface area contributed by atoms with Gasteiger partial charge in [-0.1, -0.05) is 0 Å². The Morgan fingerprint density at radius 2 is 0.857 bits per heavy atom. The Hall–Kier alpha value is -1.92. The van der Waals surface area contributed by atoms with Crippen LogP contribution in [0, 0.1) is 0 Å². The van der Waals surface area contributed by atoms with Gasteiger partial charge in [-0.25, -0.2) is 0 Å². The minimum atomic E-state index is -2.93. The van der Waals surface area contributed by atoms with Crippen molar-refractivity contribution in [1.82, 2.24) is 0 Å². The molecule has 0 saturated heterocycles. The van der Waals surface area contributed by atoms with Crippen molar-refractivity contribution in [3.8, 4) is 0 Å². The van der Waals surface area contributed by atoms with Crippen molar-refractivity contribution < 1.29 is 0 Å². The molecule has 0 nitrogen and oxygen atoms in total. The normalized spacial score (nSPS) is 12.4. The van der Waals surface area contributed by atoms with E-state index in [0.717, 1.165) is 5.02 Å². The van der Waals surface area contributed by atoms with Gasteiger partial charge in [0.2, 0.25) is 0 Å². The monoisotopic (exact) mass is 468 g/mol. The van der Waals surface area contributed by atoms with Gasteiger partial charge in [-0.2, -0.15) is 0 Å². The van der Waals surface area contributed by atoms with E-state index < -0.39 is 6.60 Å². The van der Waals surface area contributed by atoms with Gasteiger partial charge in [-0.15, -0.1) is 17.0 Å². The third kappa shape index (κ3) is 3.12. The minimum absolute atomic E-state index is 0. The summed E-state index contributed by atoms with van der Waals surface area (Å²) in [7, 11) is 0. The predicted molar refractivity (Wildman–Crippen MR) is 132 cm³/mol. The molecule has 0 heterocycles. The average Bonchev–Trinajstić information content (AvgIpc) is 2.75. The molecule has 0 saturated carbocycles. The van der Waals surface area contributed by atoms with Crippen LogP contribution in [0.4, 0.5) is 0 Å². The first-order valence-corrected chi connectivity index (χ1v) is 12.1. The van der Waals surface area contributed by atoms with Gasteiger partial charge < -0.3 is 0 Å². The van der Waals surface area contributed by atoms with Crippen LogP contribution < -0.4 is 21.2 Å². The fraction of sp³-hybridized carbons (Fsp3) is 0.0400. The number of benzene rings is 4. The summed E-state index contributed by atoms with van der Waals surface area (Å²) in [4.78, 5) is 0. The summed E-state index contributed by atoms with van der Waals surface area (Å²) in [5.74, 6) is 0. The van der Waals surface area contributed by atoms with Gasteiger partial charge in [0.15, 0.2) is 0 Å². The molecular formula is C25H23BrClP. The first-order valence-electron chi connectivity index (χ1n) is 9.08. The Kier molecular flexibility index (Phi) is 6.10. The van der Waals surface area contributed by atoms with Crippen LogP contribution in [0.1, 0.15) is 0 Å². The third-order valence-corrected chi connectivity index (χ3v) is 12.2. The zero-order valence-corrected chi connectivity index (χ0v) is 19.1. The summed E-state index contributed by atoms with van der Waals surface area (Å²) in [5, 5.41) is 6.05. The fourth-order valence-electron chi connectivity index (χ4n) is 4.12. The van der Waals surface area contributed by atoms with E-state index in [-0.39, 0.29) is 17.0 Å². The fourth-order valence-corrected chi connectivity index (χ4v) is 9.85. The van der Waals surface area contributed by atoms with Crippen molar-refractivity contribution in [1.29, 1.82) is 0 Å². The van der Waals surface area contributed by atoms with E-state index in [1.807, 2.05) is 6.07 Å². The molecule has 3 heteroatoms. The Balaban J connectivity index is 0.00000225. The molecule has 0 bridgehead atoms. The van der Waals surface area contributed by atoms with Gasteiger partial charge in [0, 0.05) is 0 Å². The molecule has 0 aliphatic heterocycles. The summed E-state index contributed by atoms with van der Waals surface area (Å²) < 4.78 is 0. The Morgan fingerprint density at radius 1 is 0.500 bits per heavy atom. The molecular weight excluding hydrogens is 447 g/mol. The van der Waals surface area contributed by atoms with Crippen LogP contribution in [0.5, 0.6) is 0 Å². The molecule has 142 valence electrons. The molecule has 0 aliphatic carbocycles. The molecule has 0 aromatic heterocycles. The van der Waals surface area contributed by atoms with Crippen molar-refractivity contribution >= 4 is 56.4 Å². The Morgan fingerprint density at radius 3 is 1.21 bits per heavy atom. The van der Waals surface area contributed by atoms with E-state index in [4.69, 9.17) is 11.6 Å². The van der Waals surface area contributed by atoms with Crippen LogP contribution in [-0.4, -0.2) is 6.66 Å². The molecule has 0 aliphatic rings. The predicted octanol–water partition coefficient (Wildman–Crippen LogP) is 5.70. The number of hydrogen-bond donors (Lipinski definition) is 0. The van der Waals surface area contributed by atoms with E-state index in [9.17, 15) is 0 Å². The van der Waals surface area contributed by atoms with Crippen molar-refractivity contribution in [2.24, 2.45) is 0 Å². The van der Waals surface area contributed by atoms with Crippen molar-refractivity contribution in [2.75, 3.05) is 6.66 Å². The van der Waals surface area contributed by atoms with Crippen molar-refractivity contribution in [3.63, 3.8) is 0 Å². The van der Waals surface area contributed by atoms with Crippen LogP contribution in [0.25, 0.3) is 0 Å². The van der Waals surface area contributed by atoms with Gasteiger partial charge in [0.05, 0.1) is 0 Å². The third-order valence-electron chi connectivity index (χ3n) is 5.66. The standard InChI is InChI=1S/C25H22ClP.BrH/c1-27(22-13-5-2-6-14-22,23-15-7-3-8-16-23,24-17-9-4-10-18-24)25-19-11-12-21(26)20-25;/h2-20H,1H3;1H. The number of rotatable bonds is 4. The summed E-state index contributed by atoms with van der Waals surface area (Å²) in [6.45, 7) is -0.492. The summed E-state index contributed by atoms with van der Waals surface area (Å²) in [5.41, 5.74) is 0. The van der Waals surface area contributed by atoms with Crippen molar-refractivity contribution in [2.45, 2.75) is 0 Å². The molecule has 0 atom stereocenters. The van der Waals surface area contributed by atoms with Crippen LogP contribution >= 0.6 is 35.2 Å². The maximum atomic E-state index is 6.50. The second-order valence-electron chi connectivity index (χ2n) is 7.05. The number of halogens is 2. The molecule has 0 unspecified atom stereocenters. The molecule has 4 aromatic rings. The molecule has 0 N–H and O–H groups in total. The topological polar surface area (TPSA) is 0 Å². The van der Waals surface area contributed by atoms with Crippen molar-refractivity contribution in [3.05, 3.63) is 120 Å². The molecule has 4 aromatic carbocycles. The molecule has 0 fully saturated rings. The van der Waals surface area contributed by atoms with Crippen LogP contribution in [0.2, 0.25) is 5.02 Å².